The molecule has 8 nitrogen and oxygen atoms in total. The highest BCUT2D eigenvalue weighted by Gasteiger charge is 2.30. The van der Waals surface area contributed by atoms with Crippen LogP contribution in [-0.4, -0.2) is 42.3 Å². The summed E-state index contributed by atoms with van der Waals surface area (Å²) in [5, 5.41) is 14.0. The first-order valence-electron chi connectivity index (χ1n) is 7.73. The van der Waals surface area contributed by atoms with E-state index in [0.29, 0.717) is 29.4 Å². The Labute approximate surface area is 138 Å². The number of hydrogen-bond acceptors (Lipinski definition) is 5. The van der Waals surface area contributed by atoms with Gasteiger partial charge in [0.25, 0.3) is 5.91 Å². The van der Waals surface area contributed by atoms with E-state index in [1.54, 1.807) is 12.1 Å². The van der Waals surface area contributed by atoms with Crippen molar-refractivity contribution in [1.82, 2.24) is 10.6 Å². The first-order chi connectivity index (χ1) is 11.5. The van der Waals surface area contributed by atoms with Crippen LogP contribution in [0.4, 0.5) is 0 Å². The van der Waals surface area contributed by atoms with E-state index in [1.165, 1.54) is 6.07 Å². The van der Waals surface area contributed by atoms with Crippen molar-refractivity contribution in [2.45, 2.75) is 25.3 Å². The number of nitrogens with one attached hydrogen (secondary N) is 2. The molecule has 1 aliphatic carbocycles. The molecule has 1 aromatic rings. The Morgan fingerprint density at radius 1 is 1.21 bits per heavy atom. The molecule has 24 heavy (non-hydrogen) atoms. The molecular formula is C16H18N2O6. The molecular weight excluding hydrogens is 316 g/mol. The number of carbonyl (C=O) groups is 3. The molecule has 0 aromatic heterocycles. The largest absolute Gasteiger partial charge is 0.480 e. The van der Waals surface area contributed by atoms with Crippen LogP contribution in [0, 0.1) is 5.92 Å². The van der Waals surface area contributed by atoms with Crippen LogP contribution in [0.2, 0.25) is 0 Å². The van der Waals surface area contributed by atoms with Crippen LogP contribution < -0.4 is 20.1 Å². The topological polar surface area (TPSA) is 114 Å². The van der Waals surface area contributed by atoms with Crippen molar-refractivity contribution < 1.29 is 29.0 Å². The second-order valence-electron chi connectivity index (χ2n) is 5.89. The summed E-state index contributed by atoms with van der Waals surface area (Å²) < 4.78 is 10.4. The average Bonchev–Trinajstić information content (AvgIpc) is 3.25. The number of fused-ring (bicyclic) bond motifs is 1. The Kier molecular flexibility index (Phi) is 4.54. The number of carboxylic acid groups (broad SMARTS) is 1. The van der Waals surface area contributed by atoms with Crippen LogP contribution in [0.1, 0.15) is 29.6 Å². The third-order valence-corrected chi connectivity index (χ3v) is 3.94. The lowest BCUT2D eigenvalue weighted by Crippen LogP contribution is -2.45. The molecule has 1 atom stereocenters. The Morgan fingerprint density at radius 3 is 2.67 bits per heavy atom. The van der Waals surface area contributed by atoms with Gasteiger partial charge in [-0.3, -0.25) is 9.59 Å². The molecule has 0 bridgehead atoms. The number of aliphatic carboxylic acids is 1. The van der Waals surface area contributed by atoms with Crippen LogP contribution >= 0.6 is 0 Å². The molecule has 1 fully saturated rings. The predicted molar refractivity (Wildman–Crippen MR) is 81.8 cm³/mol. The maximum absolute atomic E-state index is 12.1. The summed E-state index contributed by atoms with van der Waals surface area (Å²) in [5.41, 5.74) is 0.333. The molecule has 1 unspecified atom stereocenters. The van der Waals surface area contributed by atoms with Crippen molar-refractivity contribution in [2.75, 3.05) is 13.3 Å². The van der Waals surface area contributed by atoms with Crippen LogP contribution in [0.5, 0.6) is 11.5 Å². The van der Waals surface area contributed by atoms with Gasteiger partial charge in [0.15, 0.2) is 11.5 Å². The Bertz CT molecular complexity index is 671. The van der Waals surface area contributed by atoms with E-state index in [0.717, 1.165) is 12.8 Å². The van der Waals surface area contributed by atoms with Crippen molar-refractivity contribution in [3.8, 4) is 11.5 Å². The summed E-state index contributed by atoms with van der Waals surface area (Å²) >= 11 is 0. The zero-order chi connectivity index (χ0) is 17.1. The van der Waals surface area contributed by atoms with Crippen molar-refractivity contribution in [3.05, 3.63) is 23.8 Å². The molecule has 1 saturated carbocycles. The zero-order valence-electron chi connectivity index (χ0n) is 12.9. The Morgan fingerprint density at radius 2 is 1.96 bits per heavy atom. The van der Waals surface area contributed by atoms with E-state index < -0.39 is 23.8 Å². The van der Waals surface area contributed by atoms with Gasteiger partial charge < -0.3 is 25.2 Å². The lowest BCUT2D eigenvalue weighted by Gasteiger charge is -2.14. The number of ether oxygens (including phenoxy) is 2. The van der Waals surface area contributed by atoms with Gasteiger partial charge in [0.05, 0.1) is 6.54 Å². The normalized spacial score (nSPS) is 16.3. The molecule has 0 spiro atoms. The average molecular weight is 334 g/mol. The third kappa shape index (κ3) is 3.95. The Balaban J connectivity index is 1.49. The van der Waals surface area contributed by atoms with Crippen molar-refractivity contribution in [3.63, 3.8) is 0 Å². The molecule has 128 valence electrons. The van der Waals surface area contributed by atoms with E-state index in [-0.39, 0.29) is 13.3 Å². The molecule has 1 heterocycles. The van der Waals surface area contributed by atoms with E-state index in [1.807, 2.05) is 0 Å². The minimum atomic E-state index is -1.06. The lowest BCUT2D eigenvalue weighted by molar-refractivity contribution is -0.142. The Hall–Kier alpha value is -2.77. The number of carbonyl (C=O) groups excluding carboxylic acids is 2. The molecule has 8 heteroatoms. The van der Waals surface area contributed by atoms with Crippen molar-refractivity contribution >= 4 is 17.8 Å². The molecule has 1 aliphatic heterocycles. The van der Waals surface area contributed by atoms with Gasteiger partial charge >= 0.3 is 5.97 Å². The highest BCUT2D eigenvalue weighted by atomic mass is 16.7. The monoisotopic (exact) mass is 334 g/mol. The molecule has 0 radical (unpaired) electrons. The first-order valence-corrected chi connectivity index (χ1v) is 7.73. The van der Waals surface area contributed by atoms with E-state index in [4.69, 9.17) is 14.6 Å². The second-order valence-corrected chi connectivity index (χ2v) is 5.89. The van der Waals surface area contributed by atoms with Gasteiger partial charge in [-0.2, -0.15) is 0 Å². The van der Waals surface area contributed by atoms with E-state index in [2.05, 4.69) is 10.6 Å². The van der Waals surface area contributed by atoms with E-state index in [9.17, 15) is 14.4 Å². The fourth-order valence-electron chi connectivity index (χ4n) is 2.45. The summed E-state index contributed by atoms with van der Waals surface area (Å²) in [6.07, 6.45) is 2.43. The predicted octanol–water partition coefficient (Wildman–Crippen LogP) is 0.515. The first kappa shape index (κ1) is 16.1. The molecule has 0 saturated heterocycles. The van der Waals surface area contributed by atoms with Crippen LogP contribution in [0.3, 0.4) is 0 Å². The molecule has 2 aliphatic rings. The molecule has 3 rings (SSSR count). The van der Waals surface area contributed by atoms with Crippen molar-refractivity contribution in [1.29, 1.82) is 0 Å². The van der Waals surface area contributed by atoms with Gasteiger partial charge in [0.2, 0.25) is 12.7 Å². The van der Waals surface area contributed by atoms with Gasteiger partial charge in [-0.15, -0.1) is 0 Å². The van der Waals surface area contributed by atoms with Crippen LogP contribution in [0.25, 0.3) is 0 Å². The molecule has 1 aromatic carbocycles. The number of hydrogen-bond donors (Lipinski definition) is 3. The van der Waals surface area contributed by atoms with Gasteiger partial charge in [-0.25, -0.2) is 4.79 Å². The summed E-state index contributed by atoms with van der Waals surface area (Å²) in [5.74, 6) is -0.627. The summed E-state index contributed by atoms with van der Waals surface area (Å²) in [6, 6.07) is 3.80. The minimum absolute atomic E-state index is 0.111. The van der Waals surface area contributed by atoms with Crippen molar-refractivity contribution in [2.24, 2.45) is 5.92 Å². The highest BCUT2D eigenvalue weighted by Crippen LogP contribution is 2.33. The fourth-order valence-corrected chi connectivity index (χ4v) is 2.45. The minimum Gasteiger partial charge on any atom is -0.480 e. The van der Waals surface area contributed by atoms with Crippen LogP contribution in [0.15, 0.2) is 18.2 Å². The third-order valence-electron chi connectivity index (χ3n) is 3.94. The van der Waals surface area contributed by atoms with Gasteiger partial charge in [0.1, 0.15) is 6.04 Å². The SMILES string of the molecule is O=C(CNC(=O)c1ccc2c(c1)OCO2)NC(CC1CC1)C(=O)O. The molecule has 3 N–H and O–H groups in total. The fraction of sp³-hybridized carbons (Fsp3) is 0.438. The quantitative estimate of drug-likeness (QED) is 0.670. The second kappa shape index (κ2) is 6.77. The number of benzene rings is 1. The zero-order valence-corrected chi connectivity index (χ0v) is 12.9. The van der Waals surface area contributed by atoms with Crippen LogP contribution in [-0.2, 0) is 9.59 Å². The summed E-state index contributed by atoms with van der Waals surface area (Å²) in [7, 11) is 0. The highest BCUT2D eigenvalue weighted by molar-refractivity contribution is 5.97. The standard InChI is InChI=1S/C16H18N2O6/c19-14(18-11(16(21)22)5-9-1-2-9)7-17-15(20)10-3-4-12-13(6-10)24-8-23-12/h3-4,6,9,11H,1-2,5,7-8H2,(H,17,20)(H,18,19)(H,21,22). The van der Waals surface area contributed by atoms with E-state index >= 15 is 0 Å². The maximum atomic E-state index is 12.1. The smallest absolute Gasteiger partial charge is 0.326 e. The molecule has 2 amide bonds. The van der Waals surface area contributed by atoms with Gasteiger partial charge in [-0.05, 0) is 30.5 Å². The lowest BCUT2D eigenvalue weighted by atomic mass is 10.1. The number of rotatable bonds is 7. The van der Waals surface area contributed by atoms with Gasteiger partial charge in [0, 0.05) is 5.56 Å². The maximum Gasteiger partial charge on any atom is 0.326 e. The number of amides is 2. The summed E-state index contributed by atoms with van der Waals surface area (Å²) in [6.45, 7) is -0.178. The van der Waals surface area contributed by atoms with Gasteiger partial charge in [-0.1, -0.05) is 12.8 Å². The summed E-state index contributed by atoms with van der Waals surface area (Å²) in [4.78, 5) is 35.0. The number of carboxylic acids is 1.